The fraction of sp³-hybridized carbons (Fsp3) is 0.825. The van der Waals surface area contributed by atoms with E-state index in [0.29, 0.717) is 19.3 Å². The Morgan fingerprint density at radius 1 is 0.413 bits per heavy atom. The Labute approximate surface area is 283 Å². The second-order valence-corrected chi connectivity index (χ2v) is 12.8. The number of carbonyl (C=O) groups is 3. The van der Waals surface area contributed by atoms with Crippen LogP contribution in [-0.2, 0) is 28.6 Å². The van der Waals surface area contributed by atoms with Gasteiger partial charge >= 0.3 is 17.9 Å². The van der Waals surface area contributed by atoms with E-state index in [1.807, 2.05) is 0 Å². The quantitative estimate of drug-likeness (QED) is 0.0299. The van der Waals surface area contributed by atoms with E-state index in [-0.39, 0.29) is 31.1 Å². The van der Waals surface area contributed by atoms with Gasteiger partial charge in [-0.05, 0) is 64.2 Å². The van der Waals surface area contributed by atoms with Crippen molar-refractivity contribution in [2.24, 2.45) is 0 Å². The summed E-state index contributed by atoms with van der Waals surface area (Å²) in [5.74, 6) is -0.912. The lowest BCUT2D eigenvalue weighted by Crippen LogP contribution is -2.30. The largest absolute Gasteiger partial charge is 0.462 e. The third-order valence-electron chi connectivity index (χ3n) is 8.16. The van der Waals surface area contributed by atoms with Crippen LogP contribution in [0.2, 0.25) is 0 Å². The molecule has 0 fully saturated rings. The number of hydrogen-bond donors (Lipinski definition) is 0. The van der Waals surface area contributed by atoms with Crippen molar-refractivity contribution in [2.45, 2.75) is 200 Å². The fourth-order valence-corrected chi connectivity index (χ4v) is 5.20. The summed E-state index contributed by atoms with van der Waals surface area (Å²) in [7, 11) is 0. The summed E-state index contributed by atoms with van der Waals surface area (Å²) < 4.78 is 16.5. The Balaban J connectivity index is 4.34. The molecule has 0 aliphatic heterocycles. The SMILES string of the molecule is CCC/C=C\CCCCCCCC(=O)OC(COC(=O)CCCCCCCC)COC(=O)CCCCCCC/C=C\CCCCC. The number of hydrogen-bond acceptors (Lipinski definition) is 6. The van der Waals surface area contributed by atoms with Crippen molar-refractivity contribution in [3.05, 3.63) is 24.3 Å². The normalized spacial score (nSPS) is 12.2. The molecule has 0 spiro atoms. The van der Waals surface area contributed by atoms with E-state index in [1.54, 1.807) is 0 Å². The average Bonchev–Trinajstić information content (AvgIpc) is 3.05. The van der Waals surface area contributed by atoms with Gasteiger partial charge in [-0.2, -0.15) is 0 Å². The zero-order chi connectivity index (χ0) is 33.8. The molecule has 1 atom stereocenters. The number of carbonyl (C=O) groups excluding carboxylic acids is 3. The van der Waals surface area contributed by atoms with Crippen LogP contribution >= 0.6 is 0 Å². The van der Waals surface area contributed by atoms with Gasteiger partial charge in [0.1, 0.15) is 13.2 Å². The van der Waals surface area contributed by atoms with E-state index in [4.69, 9.17) is 14.2 Å². The van der Waals surface area contributed by atoms with Gasteiger partial charge in [-0.1, -0.05) is 135 Å². The van der Waals surface area contributed by atoms with E-state index in [0.717, 1.165) is 83.5 Å². The van der Waals surface area contributed by atoms with E-state index in [1.165, 1.54) is 70.6 Å². The monoisotopic (exact) mass is 649 g/mol. The summed E-state index contributed by atoms with van der Waals surface area (Å²) in [5, 5.41) is 0. The van der Waals surface area contributed by atoms with Gasteiger partial charge in [-0.25, -0.2) is 0 Å². The van der Waals surface area contributed by atoms with Gasteiger partial charge in [0.15, 0.2) is 6.10 Å². The zero-order valence-electron chi connectivity index (χ0n) is 30.3. The van der Waals surface area contributed by atoms with Crippen LogP contribution < -0.4 is 0 Å². The Hall–Kier alpha value is -2.11. The summed E-state index contributed by atoms with van der Waals surface area (Å²) in [5.41, 5.74) is 0. The molecular weight excluding hydrogens is 576 g/mol. The topological polar surface area (TPSA) is 78.9 Å². The van der Waals surface area contributed by atoms with Crippen molar-refractivity contribution in [1.82, 2.24) is 0 Å². The highest BCUT2D eigenvalue weighted by Gasteiger charge is 2.19. The van der Waals surface area contributed by atoms with Crippen molar-refractivity contribution in [2.75, 3.05) is 13.2 Å². The van der Waals surface area contributed by atoms with Crippen molar-refractivity contribution in [1.29, 1.82) is 0 Å². The molecule has 268 valence electrons. The number of ether oxygens (including phenoxy) is 3. The summed E-state index contributed by atoms with van der Waals surface area (Å²) in [4.78, 5) is 37.2. The first-order valence-corrected chi connectivity index (χ1v) is 19.3. The van der Waals surface area contributed by atoms with E-state index < -0.39 is 6.10 Å². The Bertz CT molecular complexity index is 759. The molecule has 0 aromatic carbocycles. The fourth-order valence-electron chi connectivity index (χ4n) is 5.20. The predicted molar refractivity (Wildman–Crippen MR) is 192 cm³/mol. The molecule has 6 heteroatoms. The maximum atomic E-state index is 12.6. The Kier molecular flexibility index (Phi) is 34.1. The van der Waals surface area contributed by atoms with Gasteiger partial charge in [0.05, 0.1) is 0 Å². The van der Waals surface area contributed by atoms with Crippen LogP contribution in [0.15, 0.2) is 24.3 Å². The lowest BCUT2D eigenvalue weighted by molar-refractivity contribution is -0.167. The number of esters is 3. The molecule has 0 aromatic rings. The smallest absolute Gasteiger partial charge is 0.306 e. The molecule has 1 unspecified atom stereocenters. The maximum Gasteiger partial charge on any atom is 0.306 e. The van der Waals surface area contributed by atoms with Crippen molar-refractivity contribution >= 4 is 17.9 Å². The average molecular weight is 649 g/mol. The highest BCUT2D eigenvalue weighted by Crippen LogP contribution is 2.12. The molecule has 0 bridgehead atoms. The van der Waals surface area contributed by atoms with Gasteiger partial charge in [-0.15, -0.1) is 0 Å². The summed E-state index contributed by atoms with van der Waals surface area (Å²) in [6.45, 7) is 6.45. The molecule has 0 radical (unpaired) electrons. The molecule has 0 amide bonds. The Morgan fingerprint density at radius 3 is 1.22 bits per heavy atom. The molecule has 6 nitrogen and oxygen atoms in total. The molecule has 0 saturated carbocycles. The third-order valence-corrected chi connectivity index (χ3v) is 8.16. The molecular formula is C40H72O6. The number of rotatable bonds is 34. The van der Waals surface area contributed by atoms with Gasteiger partial charge in [0.2, 0.25) is 0 Å². The van der Waals surface area contributed by atoms with Crippen molar-refractivity contribution in [3.8, 4) is 0 Å². The third kappa shape index (κ3) is 33.3. The lowest BCUT2D eigenvalue weighted by atomic mass is 10.1. The van der Waals surface area contributed by atoms with Crippen LogP contribution in [-0.4, -0.2) is 37.2 Å². The summed E-state index contributed by atoms with van der Waals surface area (Å²) in [6, 6.07) is 0. The second-order valence-electron chi connectivity index (χ2n) is 12.8. The van der Waals surface area contributed by atoms with Crippen LogP contribution in [0.1, 0.15) is 194 Å². The lowest BCUT2D eigenvalue weighted by Gasteiger charge is -2.18. The van der Waals surface area contributed by atoms with Crippen molar-refractivity contribution < 1.29 is 28.6 Å². The minimum Gasteiger partial charge on any atom is -0.462 e. The molecule has 46 heavy (non-hydrogen) atoms. The van der Waals surface area contributed by atoms with E-state index in [2.05, 4.69) is 45.1 Å². The predicted octanol–water partition coefficient (Wildman–Crippen LogP) is 11.7. The van der Waals surface area contributed by atoms with Gasteiger partial charge < -0.3 is 14.2 Å². The molecule has 0 saturated heterocycles. The van der Waals surface area contributed by atoms with Gasteiger partial charge in [0, 0.05) is 19.3 Å². The van der Waals surface area contributed by atoms with E-state index >= 15 is 0 Å². The Morgan fingerprint density at radius 2 is 0.761 bits per heavy atom. The van der Waals surface area contributed by atoms with Crippen LogP contribution in [0.25, 0.3) is 0 Å². The van der Waals surface area contributed by atoms with Crippen molar-refractivity contribution in [3.63, 3.8) is 0 Å². The molecule has 0 aliphatic rings. The summed E-state index contributed by atoms with van der Waals surface area (Å²) >= 11 is 0. The van der Waals surface area contributed by atoms with Crippen LogP contribution in [0.5, 0.6) is 0 Å². The van der Waals surface area contributed by atoms with Gasteiger partial charge in [0.25, 0.3) is 0 Å². The standard InChI is InChI=1S/C40H72O6/c1-4-7-10-13-16-18-20-21-23-24-27-30-33-39(42)45-36-37(35-44-38(41)32-29-26-15-12-9-6-3)46-40(43)34-31-28-25-22-19-17-14-11-8-5-2/h11,14,16,18,37H,4-10,12-13,15,17,19-36H2,1-3H3/b14-11-,18-16-. The highest BCUT2D eigenvalue weighted by atomic mass is 16.6. The zero-order valence-corrected chi connectivity index (χ0v) is 30.3. The molecule has 0 N–H and O–H groups in total. The van der Waals surface area contributed by atoms with Gasteiger partial charge in [-0.3, -0.25) is 14.4 Å². The number of unbranched alkanes of at least 4 members (excludes halogenated alkanes) is 19. The molecule has 0 aromatic heterocycles. The molecule has 0 heterocycles. The van der Waals surface area contributed by atoms with Crippen LogP contribution in [0.3, 0.4) is 0 Å². The minimum absolute atomic E-state index is 0.0771. The first kappa shape index (κ1) is 43.9. The number of allylic oxidation sites excluding steroid dienone is 4. The first-order valence-electron chi connectivity index (χ1n) is 19.3. The molecule has 0 rings (SSSR count). The summed E-state index contributed by atoms with van der Waals surface area (Å²) in [6.07, 6.45) is 36.1. The second kappa shape index (κ2) is 35.7. The van der Waals surface area contributed by atoms with Crippen LogP contribution in [0, 0.1) is 0 Å². The van der Waals surface area contributed by atoms with Crippen LogP contribution in [0.4, 0.5) is 0 Å². The highest BCUT2D eigenvalue weighted by molar-refractivity contribution is 5.71. The maximum absolute atomic E-state index is 12.6. The van der Waals surface area contributed by atoms with E-state index in [9.17, 15) is 14.4 Å². The minimum atomic E-state index is -0.769. The first-order chi connectivity index (χ1) is 22.5. The molecule has 0 aliphatic carbocycles.